The number of hydrogen-bond acceptors (Lipinski definition) is 9. The fourth-order valence-electron chi connectivity index (χ4n) is 8.51. The highest BCUT2D eigenvalue weighted by Crippen LogP contribution is 2.39. The van der Waals surface area contributed by atoms with Gasteiger partial charge in [-0.2, -0.15) is 0 Å². The van der Waals surface area contributed by atoms with Gasteiger partial charge in [-0.1, -0.05) is 41.5 Å². The summed E-state index contributed by atoms with van der Waals surface area (Å²) in [7, 11) is 0. The summed E-state index contributed by atoms with van der Waals surface area (Å²) in [6.07, 6.45) is 2.14. The third-order valence-electron chi connectivity index (χ3n) is 11.7. The van der Waals surface area contributed by atoms with Crippen molar-refractivity contribution in [1.82, 2.24) is 16.0 Å². The quantitative estimate of drug-likeness (QED) is 0.138. The van der Waals surface area contributed by atoms with Gasteiger partial charge in [0.05, 0.1) is 6.42 Å². The second kappa shape index (κ2) is 13.9. The molecule has 0 radical (unpaired) electrons. The van der Waals surface area contributed by atoms with Crippen LogP contribution in [0.25, 0.3) is 0 Å². The van der Waals surface area contributed by atoms with E-state index >= 15 is 0 Å². The second-order valence-electron chi connectivity index (χ2n) is 19.0. The Labute approximate surface area is 286 Å². The average molecular weight is 664 g/mol. The molecule has 0 aliphatic carbocycles. The number of carbonyl (C=O) groups is 3. The first kappa shape index (κ1) is 39.7. The lowest BCUT2D eigenvalue weighted by molar-refractivity contribution is -0.178. The van der Waals surface area contributed by atoms with Gasteiger partial charge in [0, 0.05) is 71.8 Å². The van der Waals surface area contributed by atoms with Crippen molar-refractivity contribution in [2.75, 3.05) is 0 Å². The van der Waals surface area contributed by atoms with Gasteiger partial charge in [-0.05, 0) is 80.1 Å². The van der Waals surface area contributed by atoms with E-state index in [0.717, 1.165) is 0 Å². The molecule has 0 saturated carbocycles. The van der Waals surface area contributed by atoms with Gasteiger partial charge in [-0.25, -0.2) is 0 Å². The van der Waals surface area contributed by atoms with Crippen molar-refractivity contribution in [3.8, 4) is 0 Å². The van der Waals surface area contributed by atoms with E-state index in [1.165, 1.54) is 0 Å². The third kappa shape index (κ3) is 10.2. The molecule has 9 heteroatoms. The van der Waals surface area contributed by atoms with Crippen LogP contribution in [0.5, 0.6) is 0 Å². The van der Waals surface area contributed by atoms with Crippen molar-refractivity contribution in [1.29, 1.82) is 0 Å². The first-order valence-electron chi connectivity index (χ1n) is 18.2. The summed E-state index contributed by atoms with van der Waals surface area (Å²) in [5.41, 5.74) is -1.52. The van der Waals surface area contributed by atoms with Crippen LogP contribution in [0.1, 0.15) is 149 Å². The molecule has 0 bridgehead atoms. The summed E-state index contributed by atoms with van der Waals surface area (Å²) < 4.78 is 18.4. The van der Waals surface area contributed by atoms with E-state index in [4.69, 9.17) is 14.2 Å². The Morgan fingerprint density at radius 1 is 0.511 bits per heavy atom. The Kier molecular flexibility index (Phi) is 11.7. The van der Waals surface area contributed by atoms with Crippen LogP contribution in [0.15, 0.2) is 0 Å². The molecular formula is C38H69N3O6. The molecule has 3 saturated heterocycles. The van der Waals surface area contributed by atoms with E-state index < -0.39 is 42.5 Å². The number of hydrogen-bond donors (Lipinski definition) is 3. The summed E-state index contributed by atoms with van der Waals surface area (Å²) in [6.45, 7) is 32.0. The predicted molar refractivity (Wildman–Crippen MR) is 187 cm³/mol. The van der Waals surface area contributed by atoms with Crippen molar-refractivity contribution in [2.45, 2.75) is 200 Å². The molecule has 272 valence electrons. The standard InChI is InChI=1S/C38H69N3O6/c1-23(2)36(13)20-26(17-33(7,8)39-36)45-30(42)16-29(31(43)46-27-18-34(9,10)40-37(14,21-27)24(3)4)32(44)47-28-19-35(11,12)41-38(15,22-28)25(5)6/h23-29,39-41H,16-22H2,1-15H3. The first-order valence-corrected chi connectivity index (χ1v) is 18.2. The van der Waals surface area contributed by atoms with Crippen molar-refractivity contribution in [2.24, 2.45) is 23.7 Å². The molecule has 0 amide bonds. The van der Waals surface area contributed by atoms with Gasteiger partial charge in [0.25, 0.3) is 0 Å². The molecule has 0 aromatic heterocycles. The van der Waals surface area contributed by atoms with E-state index in [1.54, 1.807) is 0 Å². The molecule has 0 aromatic carbocycles. The Morgan fingerprint density at radius 3 is 1.06 bits per heavy atom. The lowest BCUT2D eigenvalue weighted by Crippen LogP contribution is -2.63. The molecule has 47 heavy (non-hydrogen) atoms. The molecule has 3 aliphatic heterocycles. The maximum atomic E-state index is 14.0. The van der Waals surface area contributed by atoms with Gasteiger partial charge >= 0.3 is 17.9 Å². The second-order valence-corrected chi connectivity index (χ2v) is 19.0. The molecule has 3 N–H and O–H groups in total. The zero-order valence-electron chi connectivity index (χ0n) is 32.4. The summed E-state index contributed by atoms with van der Waals surface area (Å²) in [5.74, 6) is -2.49. The van der Waals surface area contributed by atoms with Crippen molar-refractivity contribution in [3.05, 3.63) is 0 Å². The highest BCUT2D eigenvalue weighted by Gasteiger charge is 2.48. The van der Waals surface area contributed by atoms with Crippen molar-refractivity contribution >= 4 is 17.9 Å². The number of rotatable bonds is 10. The molecule has 3 rings (SSSR count). The Morgan fingerprint density at radius 2 is 0.787 bits per heavy atom. The van der Waals surface area contributed by atoms with Crippen LogP contribution in [0.3, 0.4) is 0 Å². The van der Waals surface area contributed by atoms with Crippen LogP contribution in [0.4, 0.5) is 0 Å². The molecule has 3 fully saturated rings. The van der Waals surface area contributed by atoms with Gasteiger partial charge in [-0.15, -0.1) is 0 Å². The normalized spacial score (nSPS) is 35.7. The summed E-state index contributed by atoms with van der Waals surface area (Å²) in [6, 6.07) is 0. The zero-order valence-corrected chi connectivity index (χ0v) is 32.4. The zero-order chi connectivity index (χ0) is 36.0. The van der Waals surface area contributed by atoms with Crippen LogP contribution in [0, 0.1) is 23.7 Å². The number of piperidine rings is 3. The van der Waals surface area contributed by atoms with Crippen LogP contribution >= 0.6 is 0 Å². The maximum absolute atomic E-state index is 14.0. The van der Waals surface area contributed by atoms with Gasteiger partial charge < -0.3 is 30.2 Å². The number of ether oxygens (including phenoxy) is 3. The Bertz CT molecular complexity index is 1090. The van der Waals surface area contributed by atoms with Gasteiger partial charge in [0.15, 0.2) is 5.92 Å². The topological polar surface area (TPSA) is 115 Å². The lowest BCUT2D eigenvalue weighted by Gasteiger charge is -2.50. The largest absolute Gasteiger partial charge is 0.462 e. The molecule has 3 aliphatic rings. The smallest absolute Gasteiger partial charge is 0.321 e. The molecular weight excluding hydrogens is 594 g/mol. The lowest BCUT2D eigenvalue weighted by atomic mass is 9.74. The van der Waals surface area contributed by atoms with Crippen molar-refractivity contribution < 1.29 is 28.6 Å². The Balaban J connectivity index is 1.85. The number of nitrogens with one attached hydrogen (secondary N) is 3. The van der Waals surface area contributed by atoms with E-state index in [1.807, 2.05) is 0 Å². The van der Waals surface area contributed by atoms with Crippen LogP contribution in [-0.2, 0) is 28.6 Å². The number of carbonyl (C=O) groups excluding carboxylic acids is 3. The molecule has 6 atom stereocenters. The summed E-state index contributed by atoms with van der Waals surface area (Å²) >= 11 is 0. The van der Waals surface area contributed by atoms with Gasteiger partial charge in [0.1, 0.15) is 18.3 Å². The molecule has 3 heterocycles. The summed E-state index contributed by atoms with van der Waals surface area (Å²) in [5, 5.41) is 11.2. The van der Waals surface area contributed by atoms with Crippen LogP contribution in [-0.4, -0.2) is 69.5 Å². The Hall–Kier alpha value is -1.71. The predicted octanol–water partition coefficient (Wildman–Crippen LogP) is 6.46. The third-order valence-corrected chi connectivity index (χ3v) is 11.7. The highest BCUT2D eigenvalue weighted by molar-refractivity contribution is 5.98. The first-order chi connectivity index (χ1) is 21.2. The highest BCUT2D eigenvalue weighted by atomic mass is 16.6. The summed E-state index contributed by atoms with van der Waals surface area (Å²) in [4.78, 5) is 41.6. The van der Waals surface area contributed by atoms with E-state index in [2.05, 4.69) is 120 Å². The van der Waals surface area contributed by atoms with E-state index in [9.17, 15) is 14.4 Å². The van der Waals surface area contributed by atoms with Gasteiger partial charge in [0.2, 0.25) is 0 Å². The molecule has 0 spiro atoms. The average Bonchev–Trinajstić information content (AvgIpc) is 2.83. The van der Waals surface area contributed by atoms with Gasteiger partial charge in [-0.3, -0.25) is 14.4 Å². The van der Waals surface area contributed by atoms with Crippen LogP contribution < -0.4 is 16.0 Å². The molecule has 6 unspecified atom stereocenters. The molecule has 9 nitrogen and oxygen atoms in total. The SMILES string of the molecule is CC(C)C1(C)CC(OC(=O)CC(C(=O)OC2CC(C)(C)NC(C)(C(C)C)C2)C(=O)OC2CC(C)(C)NC(C)(C(C)C)C2)CC(C)(C)N1. The fraction of sp³-hybridized carbons (Fsp3) is 0.921. The minimum atomic E-state index is -1.40. The maximum Gasteiger partial charge on any atom is 0.321 e. The minimum Gasteiger partial charge on any atom is -0.462 e. The monoisotopic (exact) mass is 664 g/mol. The van der Waals surface area contributed by atoms with E-state index in [-0.39, 0.29) is 39.3 Å². The van der Waals surface area contributed by atoms with Crippen molar-refractivity contribution in [3.63, 3.8) is 0 Å². The van der Waals surface area contributed by atoms with E-state index in [0.29, 0.717) is 56.3 Å². The molecule has 0 aromatic rings. The van der Waals surface area contributed by atoms with Crippen LogP contribution in [0.2, 0.25) is 0 Å². The number of esters is 3. The fourth-order valence-corrected chi connectivity index (χ4v) is 8.51. The minimum absolute atomic E-state index is 0.222.